The molecule has 6 aromatic rings. The fraction of sp³-hybridized carbons (Fsp3) is 0.441. The van der Waals surface area contributed by atoms with Gasteiger partial charge in [-0.25, -0.2) is 19.3 Å². The van der Waals surface area contributed by atoms with Gasteiger partial charge in [-0.3, -0.25) is 4.79 Å². The number of rotatable bonds is 4. The number of anilines is 1. The highest BCUT2D eigenvalue weighted by atomic mass is 32.1. The molecule has 3 unspecified atom stereocenters. The number of thiophene rings is 1. The third kappa shape index (κ3) is 4.03. The van der Waals surface area contributed by atoms with E-state index in [0.29, 0.717) is 45.1 Å². The van der Waals surface area contributed by atoms with Gasteiger partial charge in [-0.1, -0.05) is 5.16 Å². The first-order valence-corrected chi connectivity index (χ1v) is 17.4. The smallest absolute Gasteiger partial charge is 0.278 e. The quantitative estimate of drug-likeness (QED) is 0.281. The lowest BCUT2D eigenvalue weighted by molar-refractivity contribution is 0.232. The van der Waals surface area contributed by atoms with Crippen LogP contribution in [0.5, 0.6) is 0 Å². The van der Waals surface area contributed by atoms with Crippen LogP contribution in [0.15, 0.2) is 34.0 Å². The molecule has 0 aromatic carbocycles. The molecular weight excluding hydrogens is 627 g/mol. The fourth-order valence-corrected chi connectivity index (χ4v) is 9.79. The van der Waals surface area contributed by atoms with E-state index in [4.69, 9.17) is 30.4 Å². The number of nitriles is 1. The molecule has 3 atom stereocenters. The lowest BCUT2D eigenvalue weighted by Gasteiger charge is -2.39. The van der Waals surface area contributed by atoms with E-state index in [0.717, 1.165) is 85.6 Å². The summed E-state index contributed by atoms with van der Waals surface area (Å²) < 4.78 is 11.5. The van der Waals surface area contributed by atoms with Gasteiger partial charge in [-0.15, -0.1) is 11.3 Å². The van der Waals surface area contributed by atoms with Crippen LogP contribution in [0.3, 0.4) is 0 Å². The number of nitrogens with two attached hydrogens (primary N) is 1. The van der Waals surface area contributed by atoms with E-state index in [2.05, 4.69) is 30.1 Å². The summed E-state index contributed by atoms with van der Waals surface area (Å²) in [6.07, 6.45) is 12.9. The number of likely N-dealkylation sites (N-methyl/N-ethyl adjacent to an activating group) is 1. The summed E-state index contributed by atoms with van der Waals surface area (Å²) in [6, 6.07) is 4.65. The molecule has 2 N–H and O–H groups in total. The molecule has 1 fully saturated rings. The summed E-state index contributed by atoms with van der Waals surface area (Å²) in [5.74, 6) is 1.74. The van der Waals surface area contributed by atoms with E-state index in [-0.39, 0.29) is 11.6 Å². The highest BCUT2D eigenvalue weighted by Crippen LogP contribution is 2.55. The molecule has 14 heteroatoms. The third-order valence-electron chi connectivity index (χ3n) is 11.0. The zero-order valence-electron chi connectivity index (χ0n) is 27.1. The van der Waals surface area contributed by atoms with Gasteiger partial charge in [0.2, 0.25) is 0 Å². The number of hydrogen-bond acceptors (Lipinski definition) is 11. The first kappa shape index (κ1) is 29.3. The zero-order valence-corrected chi connectivity index (χ0v) is 27.9. The van der Waals surface area contributed by atoms with Crippen molar-refractivity contribution in [2.45, 2.75) is 75.8 Å². The Labute approximate surface area is 279 Å². The number of hydrogen-bond donors (Lipinski definition) is 1. The number of fused-ring (bicyclic) bond motifs is 6. The maximum absolute atomic E-state index is 13.0. The standard InChI is InChI=1S/C34H35N11O2S/c1-18(23-8-6-13-42(23)2)45-32-22(16-37-45)31(44-17-19-10-14-43(3)33(46)26(19)40-44)38-30(39-32)27-20-7-4-11-34(28(20)47-41-27)12-5-9-24-25(34)21(15-35)29(36)48-24/h10,14,16-18,23H,4-9,11-13,36H2,1-3H3. The van der Waals surface area contributed by atoms with E-state index < -0.39 is 5.41 Å². The van der Waals surface area contributed by atoms with Crippen LogP contribution in [-0.2, 0) is 25.3 Å². The van der Waals surface area contributed by atoms with Crippen molar-refractivity contribution >= 4 is 38.3 Å². The number of aryl methyl sites for hydroxylation is 2. The Kier molecular flexibility index (Phi) is 6.45. The average molecular weight is 662 g/mol. The van der Waals surface area contributed by atoms with Crippen LogP contribution >= 0.6 is 11.3 Å². The molecule has 48 heavy (non-hydrogen) atoms. The SMILES string of the molecule is CC(C1CCCN1C)n1ncc2c(-n3cc4ccn(C)c(=O)c4n3)nc(-c3noc4c3CCCC43CCCc4sc(N)c(C#N)c43)nc21. The first-order valence-electron chi connectivity index (χ1n) is 16.6. The number of nitrogens with zero attached hydrogens (tertiary/aromatic N) is 10. The Balaban J connectivity index is 1.26. The zero-order chi connectivity index (χ0) is 32.9. The summed E-state index contributed by atoms with van der Waals surface area (Å²) in [5.41, 5.74) is 9.94. The predicted octanol–water partition coefficient (Wildman–Crippen LogP) is 4.65. The Morgan fingerprint density at radius 3 is 2.81 bits per heavy atom. The van der Waals surface area contributed by atoms with Gasteiger partial charge in [0.25, 0.3) is 5.56 Å². The predicted molar refractivity (Wildman–Crippen MR) is 181 cm³/mol. The van der Waals surface area contributed by atoms with Crippen molar-refractivity contribution in [3.05, 3.63) is 62.3 Å². The maximum atomic E-state index is 13.0. The molecule has 1 aliphatic heterocycles. The van der Waals surface area contributed by atoms with Crippen LogP contribution < -0.4 is 11.3 Å². The summed E-state index contributed by atoms with van der Waals surface area (Å²) in [5, 5.41) is 26.4. The number of likely N-dealkylation sites (tertiary alicyclic amines) is 1. The van der Waals surface area contributed by atoms with Crippen LogP contribution in [0, 0.1) is 11.3 Å². The molecule has 7 heterocycles. The number of pyridine rings is 1. The normalized spacial score (nSPS) is 21.6. The lowest BCUT2D eigenvalue weighted by Crippen LogP contribution is -2.35. The number of aromatic nitrogens is 8. The molecular formula is C34H35N11O2S. The minimum Gasteiger partial charge on any atom is -0.389 e. The van der Waals surface area contributed by atoms with Crippen LogP contribution in [0.2, 0.25) is 0 Å². The van der Waals surface area contributed by atoms with Crippen LogP contribution in [0.4, 0.5) is 5.00 Å². The Bertz CT molecular complexity index is 2370. The van der Waals surface area contributed by atoms with Crippen molar-refractivity contribution in [2.75, 3.05) is 19.3 Å². The third-order valence-corrected chi connectivity index (χ3v) is 12.1. The Morgan fingerprint density at radius 1 is 1.19 bits per heavy atom. The van der Waals surface area contributed by atoms with E-state index >= 15 is 0 Å². The van der Waals surface area contributed by atoms with Gasteiger partial charge in [0, 0.05) is 41.3 Å². The second kappa shape index (κ2) is 10.6. The van der Waals surface area contributed by atoms with Gasteiger partial charge in [-0.2, -0.15) is 15.5 Å². The van der Waals surface area contributed by atoms with Crippen molar-refractivity contribution in [1.29, 1.82) is 5.26 Å². The molecule has 0 amide bonds. The highest BCUT2D eigenvalue weighted by Gasteiger charge is 2.49. The molecule has 6 aromatic heterocycles. The topological polar surface area (TPSA) is 162 Å². The molecule has 0 radical (unpaired) electrons. The largest absolute Gasteiger partial charge is 0.389 e. The van der Waals surface area contributed by atoms with Crippen molar-refractivity contribution in [3.63, 3.8) is 0 Å². The summed E-state index contributed by atoms with van der Waals surface area (Å²) in [6.45, 7) is 3.24. The molecule has 3 aliphatic rings. The van der Waals surface area contributed by atoms with E-state index in [1.54, 1.807) is 24.1 Å². The molecule has 13 nitrogen and oxygen atoms in total. The number of nitrogen functional groups attached to an aromatic ring is 1. The van der Waals surface area contributed by atoms with Crippen molar-refractivity contribution in [2.24, 2.45) is 7.05 Å². The van der Waals surface area contributed by atoms with Gasteiger partial charge in [-0.05, 0) is 83.5 Å². The summed E-state index contributed by atoms with van der Waals surface area (Å²) in [4.78, 5) is 26.8. The van der Waals surface area contributed by atoms with Crippen molar-refractivity contribution in [3.8, 4) is 23.4 Å². The van der Waals surface area contributed by atoms with E-state index in [1.165, 1.54) is 20.8 Å². The molecule has 2 aliphatic carbocycles. The second-order valence-electron chi connectivity index (χ2n) is 13.6. The molecule has 1 saturated heterocycles. The van der Waals surface area contributed by atoms with Crippen LogP contribution in [0.25, 0.3) is 39.3 Å². The first-order chi connectivity index (χ1) is 23.3. The fourth-order valence-electron chi connectivity index (χ4n) is 8.63. The van der Waals surface area contributed by atoms with Crippen LogP contribution in [-0.4, -0.2) is 63.8 Å². The minimum absolute atomic E-state index is 0.0539. The summed E-state index contributed by atoms with van der Waals surface area (Å²) >= 11 is 1.53. The average Bonchev–Trinajstić information content (AvgIpc) is 3.91. The maximum Gasteiger partial charge on any atom is 0.278 e. The lowest BCUT2D eigenvalue weighted by atomic mass is 9.63. The van der Waals surface area contributed by atoms with Gasteiger partial charge in [0.15, 0.2) is 34.3 Å². The van der Waals surface area contributed by atoms with Gasteiger partial charge in [0.1, 0.15) is 11.1 Å². The molecule has 0 bridgehead atoms. The minimum atomic E-state index is -0.457. The van der Waals surface area contributed by atoms with Crippen LogP contribution in [0.1, 0.15) is 78.8 Å². The second-order valence-corrected chi connectivity index (χ2v) is 14.8. The van der Waals surface area contributed by atoms with Gasteiger partial charge < -0.3 is 19.7 Å². The monoisotopic (exact) mass is 661 g/mol. The van der Waals surface area contributed by atoms with Gasteiger partial charge in [0.05, 0.1) is 28.6 Å². The molecule has 9 rings (SSSR count). The van der Waals surface area contributed by atoms with Crippen molar-refractivity contribution < 1.29 is 4.52 Å². The van der Waals surface area contributed by atoms with E-state index in [1.807, 2.05) is 16.9 Å². The molecule has 244 valence electrons. The van der Waals surface area contributed by atoms with Gasteiger partial charge >= 0.3 is 0 Å². The molecule has 0 saturated carbocycles. The highest BCUT2D eigenvalue weighted by molar-refractivity contribution is 7.16. The van der Waals surface area contributed by atoms with Crippen molar-refractivity contribution in [1.82, 2.24) is 44.2 Å². The molecule has 1 spiro atoms. The van der Waals surface area contributed by atoms with E-state index in [9.17, 15) is 10.1 Å². The Hall–Kier alpha value is -4.87. The Morgan fingerprint density at radius 2 is 2.02 bits per heavy atom. The summed E-state index contributed by atoms with van der Waals surface area (Å²) in [7, 11) is 3.88.